The Kier molecular flexibility index (Phi) is 3.41. The summed E-state index contributed by atoms with van der Waals surface area (Å²) in [5.41, 5.74) is 1.02. The molecule has 84 valence electrons. The fraction of sp³-hybridized carbons (Fsp3) is 0.273. The molecule has 0 spiro atoms. The monoisotopic (exact) mass is 237 g/mol. The highest BCUT2D eigenvalue weighted by atomic mass is 35.5. The summed E-state index contributed by atoms with van der Waals surface area (Å²) in [6, 6.07) is 10.4. The molecule has 0 aliphatic carbocycles. The summed E-state index contributed by atoms with van der Waals surface area (Å²) in [4.78, 5) is 1.93. The summed E-state index contributed by atoms with van der Waals surface area (Å²) in [5.74, 6) is 0.672. The standard InChI is InChI=1S/C11H12ClN3O/c1-2-15(9-6-4-3-5-7-9)11-14-13-10(8-12)16-11/h3-7H,2,8H2,1H3. The van der Waals surface area contributed by atoms with Crippen LogP contribution >= 0.6 is 11.6 Å². The first-order valence-electron chi connectivity index (χ1n) is 5.06. The Balaban J connectivity index is 2.29. The van der Waals surface area contributed by atoms with Gasteiger partial charge in [-0.15, -0.1) is 16.7 Å². The summed E-state index contributed by atoms with van der Waals surface area (Å²) in [7, 11) is 0. The van der Waals surface area contributed by atoms with E-state index < -0.39 is 0 Å². The van der Waals surface area contributed by atoms with Crippen LogP contribution in [-0.2, 0) is 5.88 Å². The van der Waals surface area contributed by atoms with Crippen LogP contribution in [0.5, 0.6) is 0 Å². The van der Waals surface area contributed by atoms with Crippen LogP contribution in [0.25, 0.3) is 0 Å². The minimum atomic E-state index is 0.235. The van der Waals surface area contributed by atoms with Crippen LogP contribution in [0.4, 0.5) is 11.7 Å². The van der Waals surface area contributed by atoms with Crippen molar-refractivity contribution in [3.8, 4) is 0 Å². The van der Waals surface area contributed by atoms with Crippen LogP contribution < -0.4 is 4.90 Å². The summed E-state index contributed by atoms with van der Waals surface area (Å²) < 4.78 is 5.41. The van der Waals surface area contributed by atoms with Gasteiger partial charge < -0.3 is 4.42 Å². The molecular weight excluding hydrogens is 226 g/mol. The van der Waals surface area contributed by atoms with Crippen molar-refractivity contribution >= 4 is 23.3 Å². The number of para-hydroxylation sites is 1. The van der Waals surface area contributed by atoms with Crippen LogP contribution in [0, 0.1) is 0 Å². The number of alkyl halides is 1. The quantitative estimate of drug-likeness (QED) is 0.767. The Morgan fingerprint density at radius 1 is 1.25 bits per heavy atom. The number of benzene rings is 1. The molecule has 1 aromatic heterocycles. The molecule has 0 aliphatic heterocycles. The number of anilines is 2. The van der Waals surface area contributed by atoms with Crippen LogP contribution in [0.15, 0.2) is 34.7 Å². The highest BCUT2D eigenvalue weighted by Gasteiger charge is 2.13. The zero-order valence-corrected chi connectivity index (χ0v) is 9.68. The number of halogens is 1. The van der Waals surface area contributed by atoms with Gasteiger partial charge in [0.1, 0.15) is 5.88 Å². The Morgan fingerprint density at radius 3 is 2.56 bits per heavy atom. The molecule has 4 nitrogen and oxygen atoms in total. The normalized spacial score (nSPS) is 10.4. The lowest BCUT2D eigenvalue weighted by Crippen LogP contribution is -2.16. The molecular formula is C11H12ClN3O. The van der Waals surface area contributed by atoms with Crippen molar-refractivity contribution < 1.29 is 4.42 Å². The Morgan fingerprint density at radius 2 is 2.00 bits per heavy atom. The van der Waals surface area contributed by atoms with Crippen molar-refractivity contribution in [3.63, 3.8) is 0 Å². The lowest BCUT2D eigenvalue weighted by atomic mass is 10.3. The molecule has 0 fully saturated rings. The van der Waals surface area contributed by atoms with Gasteiger partial charge in [-0.05, 0) is 19.1 Å². The molecule has 0 saturated carbocycles. The zero-order valence-electron chi connectivity index (χ0n) is 8.93. The van der Waals surface area contributed by atoms with E-state index in [0.29, 0.717) is 11.9 Å². The van der Waals surface area contributed by atoms with E-state index in [1.54, 1.807) is 0 Å². The number of aromatic nitrogens is 2. The van der Waals surface area contributed by atoms with E-state index in [1.807, 2.05) is 42.2 Å². The Hall–Kier alpha value is -1.55. The van der Waals surface area contributed by atoms with Crippen molar-refractivity contribution in [2.24, 2.45) is 0 Å². The predicted octanol–water partition coefficient (Wildman–Crippen LogP) is 2.97. The largest absolute Gasteiger partial charge is 0.406 e. The van der Waals surface area contributed by atoms with E-state index in [0.717, 1.165) is 12.2 Å². The van der Waals surface area contributed by atoms with Gasteiger partial charge in [0, 0.05) is 12.2 Å². The average Bonchev–Trinajstić information content (AvgIpc) is 2.80. The van der Waals surface area contributed by atoms with E-state index in [9.17, 15) is 0 Å². The number of rotatable bonds is 4. The molecule has 1 heterocycles. The van der Waals surface area contributed by atoms with Gasteiger partial charge in [-0.25, -0.2) is 0 Å². The maximum Gasteiger partial charge on any atom is 0.322 e. The maximum absolute atomic E-state index is 5.62. The molecule has 0 saturated heterocycles. The van der Waals surface area contributed by atoms with Gasteiger partial charge in [0.05, 0.1) is 0 Å². The highest BCUT2D eigenvalue weighted by Crippen LogP contribution is 2.23. The van der Waals surface area contributed by atoms with Gasteiger partial charge in [-0.2, -0.15) is 0 Å². The molecule has 0 atom stereocenters. The van der Waals surface area contributed by atoms with Crippen molar-refractivity contribution in [3.05, 3.63) is 36.2 Å². The lowest BCUT2D eigenvalue weighted by molar-refractivity contribution is 0.514. The van der Waals surface area contributed by atoms with E-state index in [-0.39, 0.29) is 5.88 Å². The summed E-state index contributed by atoms with van der Waals surface area (Å²) in [5, 5.41) is 7.80. The second-order valence-electron chi connectivity index (χ2n) is 3.19. The van der Waals surface area contributed by atoms with E-state index in [4.69, 9.17) is 16.0 Å². The van der Waals surface area contributed by atoms with Crippen molar-refractivity contribution in [2.75, 3.05) is 11.4 Å². The second-order valence-corrected chi connectivity index (χ2v) is 3.46. The van der Waals surface area contributed by atoms with Crippen LogP contribution in [0.2, 0.25) is 0 Å². The summed E-state index contributed by atoms with van der Waals surface area (Å²) >= 11 is 5.62. The third-order valence-electron chi connectivity index (χ3n) is 2.19. The molecule has 0 N–H and O–H groups in total. The van der Waals surface area contributed by atoms with Gasteiger partial charge >= 0.3 is 6.01 Å². The number of hydrogen-bond donors (Lipinski definition) is 0. The highest BCUT2D eigenvalue weighted by molar-refractivity contribution is 6.16. The molecule has 0 radical (unpaired) electrons. The Labute approximate surface area is 98.8 Å². The molecule has 2 aromatic rings. The van der Waals surface area contributed by atoms with Crippen molar-refractivity contribution in [1.29, 1.82) is 0 Å². The van der Waals surface area contributed by atoms with E-state index in [1.165, 1.54) is 0 Å². The molecule has 0 unspecified atom stereocenters. The minimum Gasteiger partial charge on any atom is -0.406 e. The summed E-state index contributed by atoms with van der Waals surface area (Å²) in [6.07, 6.45) is 0. The molecule has 0 aliphatic rings. The van der Waals surface area contributed by atoms with Gasteiger partial charge in [0.25, 0.3) is 0 Å². The van der Waals surface area contributed by atoms with E-state index in [2.05, 4.69) is 10.2 Å². The smallest absolute Gasteiger partial charge is 0.322 e. The molecule has 1 aromatic carbocycles. The zero-order chi connectivity index (χ0) is 11.4. The van der Waals surface area contributed by atoms with Gasteiger partial charge in [-0.3, -0.25) is 4.90 Å². The van der Waals surface area contributed by atoms with Crippen molar-refractivity contribution in [1.82, 2.24) is 10.2 Å². The van der Waals surface area contributed by atoms with Crippen LogP contribution in [-0.4, -0.2) is 16.7 Å². The SMILES string of the molecule is CCN(c1ccccc1)c1nnc(CCl)o1. The second kappa shape index (κ2) is 4.99. The minimum absolute atomic E-state index is 0.235. The topological polar surface area (TPSA) is 42.2 Å². The Bertz CT molecular complexity index is 444. The molecule has 0 amide bonds. The third kappa shape index (κ3) is 2.17. The first-order valence-corrected chi connectivity index (χ1v) is 5.59. The third-order valence-corrected chi connectivity index (χ3v) is 2.41. The maximum atomic E-state index is 5.62. The fourth-order valence-electron chi connectivity index (χ4n) is 1.44. The average molecular weight is 238 g/mol. The first kappa shape index (κ1) is 11.0. The lowest BCUT2D eigenvalue weighted by Gasteiger charge is -2.17. The first-order chi connectivity index (χ1) is 7.85. The summed E-state index contributed by atoms with van der Waals surface area (Å²) in [6.45, 7) is 2.78. The number of hydrogen-bond acceptors (Lipinski definition) is 4. The van der Waals surface area contributed by atoms with Crippen LogP contribution in [0.1, 0.15) is 12.8 Å². The van der Waals surface area contributed by atoms with Gasteiger partial charge in [0.15, 0.2) is 0 Å². The molecule has 2 rings (SSSR count). The van der Waals surface area contributed by atoms with Crippen LogP contribution in [0.3, 0.4) is 0 Å². The predicted molar refractivity (Wildman–Crippen MR) is 63.0 cm³/mol. The van der Waals surface area contributed by atoms with E-state index >= 15 is 0 Å². The molecule has 16 heavy (non-hydrogen) atoms. The van der Waals surface area contributed by atoms with Gasteiger partial charge in [0.2, 0.25) is 5.89 Å². The number of nitrogens with zero attached hydrogens (tertiary/aromatic N) is 3. The molecule has 5 heteroatoms. The van der Waals surface area contributed by atoms with Crippen molar-refractivity contribution in [2.45, 2.75) is 12.8 Å². The van der Waals surface area contributed by atoms with Gasteiger partial charge in [-0.1, -0.05) is 23.3 Å². The fourth-order valence-corrected chi connectivity index (χ4v) is 1.55. The molecule has 0 bridgehead atoms.